The fraction of sp³-hybridized carbons (Fsp3) is 0.545. The van der Waals surface area contributed by atoms with Gasteiger partial charge in [-0.15, -0.1) is 0 Å². The van der Waals surface area contributed by atoms with E-state index in [0.717, 1.165) is 23.8 Å². The lowest BCUT2D eigenvalue weighted by molar-refractivity contribution is 0.913. The van der Waals surface area contributed by atoms with E-state index < -0.39 is 0 Å². The van der Waals surface area contributed by atoms with Gasteiger partial charge in [0, 0.05) is 36.3 Å². The summed E-state index contributed by atoms with van der Waals surface area (Å²) in [5, 5.41) is 6.64. The van der Waals surface area contributed by atoms with Crippen LogP contribution in [-0.4, -0.2) is 29.6 Å². The van der Waals surface area contributed by atoms with Gasteiger partial charge in [0.05, 0.1) is 0 Å². The maximum atomic E-state index is 4.23. The molecule has 0 saturated carbocycles. The van der Waals surface area contributed by atoms with Gasteiger partial charge >= 0.3 is 0 Å². The largest absolute Gasteiger partial charge is 0.382 e. The SMILES string of the molecule is CCNc1cc(NC(C)CSC)ccn1. The van der Waals surface area contributed by atoms with E-state index in [1.165, 1.54) is 0 Å². The van der Waals surface area contributed by atoms with Crippen LogP contribution in [0.15, 0.2) is 18.3 Å². The first-order chi connectivity index (χ1) is 7.26. The number of rotatable bonds is 6. The van der Waals surface area contributed by atoms with Crippen LogP contribution < -0.4 is 10.6 Å². The van der Waals surface area contributed by atoms with Crippen molar-refractivity contribution in [2.75, 3.05) is 29.2 Å². The number of anilines is 2. The first-order valence-corrected chi connectivity index (χ1v) is 6.61. The van der Waals surface area contributed by atoms with Crippen molar-refractivity contribution >= 4 is 23.3 Å². The third-order valence-electron chi connectivity index (χ3n) is 1.95. The molecular formula is C11H19N3S. The Kier molecular flexibility index (Phi) is 5.32. The lowest BCUT2D eigenvalue weighted by Crippen LogP contribution is -2.17. The molecule has 0 amide bonds. The Bertz CT molecular complexity index is 291. The van der Waals surface area contributed by atoms with Crippen molar-refractivity contribution in [3.05, 3.63) is 18.3 Å². The maximum absolute atomic E-state index is 4.23. The monoisotopic (exact) mass is 225 g/mol. The molecule has 0 bridgehead atoms. The Balaban J connectivity index is 2.56. The van der Waals surface area contributed by atoms with Crippen molar-refractivity contribution in [2.24, 2.45) is 0 Å². The van der Waals surface area contributed by atoms with Gasteiger partial charge in [-0.3, -0.25) is 0 Å². The fourth-order valence-corrected chi connectivity index (χ4v) is 1.96. The van der Waals surface area contributed by atoms with E-state index in [2.05, 4.69) is 35.7 Å². The number of pyridine rings is 1. The van der Waals surface area contributed by atoms with Gasteiger partial charge in [-0.05, 0) is 26.2 Å². The number of nitrogens with zero attached hydrogens (tertiary/aromatic N) is 1. The molecule has 1 unspecified atom stereocenters. The van der Waals surface area contributed by atoms with Crippen molar-refractivity contribution in [3.63, 3.8) is 0 Å². The van der Waals surface area contributed by atoms with Gasteiger partial charge in [-0.1, -0.05) is 0 Å². The van der Waals surface area contributed by atoms with Gasteiger partial charge in [-0.25, -0.2) is 4.98 Å². The van der Waals surface area contributed by atoms with E-state index in [1.54, 1.807) is 0 Å². The number of nitrogens with one attached hydrogen (secondary N) is 2. The molecule has 1 aromatic heterocycles. The van der Waals surface area contributed by atoms with Crippen LogP contribution in [0.3, 0.4) is 0 Å². The second-order valence-electron chi connectivity index (χ2n) is 3.46. The molecule has 0 aliphatic rings. The molecule has 15 heavy (non-hydrogen) atoms. The second kappa shape index (κ2) is 6.56. The fourth-order valence-electron chi connectivity index (χ4n) is 1.37. The minimum Gasteiger partial charge on any atom is -0.382 e. The summed E-state index contributed by atoms with van der Waals surface area (Å²) in [6.45, 7) is 5.15. The normalized spacial score (nSPS) is 12.2. The molecule has 2 N–H and O–H groups in total. The zero-order valence-corrected chi connectivity index (χ0v) is 10.4. The van der Waals surface area contributed by atoms with E-state index in [1.807, 2.05) is 30.1 Å². The molecule has 1 aromatic rings. The van der Waals surface area contributed by atoms with Gasteiger partial charge in [0.2, 0.25) is 0 Å². The van der Waals surface area contributed by atoms with Gasteiger partial charge in [0.25, 0.3) is 0 Å². The zero-order valence-electron chi connectivity index (χ0n) is 9.58. The quantitative estimate of drug-likeness (QED) is 0.780. The zero-order chi connectivity index (χ0) is 11.1. The first kappa shape index (κ1) is 12.2. The Morgan fingerprint density at radius 2 is 2.33 bits per heavy atom. The molecule has 0 radical (unpaired) electrons. The summed E-state index contributed by atoms with van der Waals surface area (Å²) < 4.78 is 0. The van der Waals surface area contributed by atoms with Crippen LogP contribution in [0.2, 0.25) is 0 Å². The minimum absolute atomic E-state index is 0.483. The molecule has 84 valence electrons. The van der Waals surface area contributed by atoms with Crippen LogP contribution in [0.25, 0.3) is 0 Å². The van der Waals surface area contributed by atoms with Crippen LogP contribution in [0.4, 0.5) is 11.5 Å². The molecule has 0 aliphatic carbocycles. The molecule has 0 saturated heterocycles. The summed E-state index contributed by atoms with van der Waals surface area (Å²) >= 11 is 1.85. The summed E-state index contributed by atoms with van der Waals surface area (Å²) in [7, 11) is 0. The number of thioether (sulfide) groups is 1. The molecule has 1 atom stereocenters. The molecule has 1 rings (SSSR count). The van der Waals surface area contributed by atoms with Crippen molar-refractivity contribution in [1.82, 2.24) is 4.98 Å². The van der Waals surface area contributed by atoms with Gasteiger partial charge < -0.3 is 10.6 Å². The van der Waals surface area contributed by atoms with E-state index >= 15 is 0 Å². The van der Waals surface area contributed by atoms with Crippen molar-refractivity contribution in [1.29, 1.82) is 0 Å². The van der Waals surface area contributed by atoms with Crippen molar-refractivity contribution in [3.8, 4) is 0 Å². The summed E-state index contributed by atoms with van der Waals surface area (Å²) in [6, 6.07) is 4.52. The highest BCUT2D eigenvalue weighted by Crippen LogP contribution is 2.13. The lowest BCUT2D eigenvalue weighted by Gasteiger charge is -2.14. The Labute approximate surface area is 96.1 Å². The van der Waals surface area contributed by atoms with Crippen molar-refractivity contribution < 1.29 is 0 Å². The predicted molar refractivity (Wildman–Crippen MR) is 69.9 cm³/mol. The van der Waals surface area contributed by atoms with Gasteiger partial charge in [-0.2, -0.15) is 11.8 Å². The molecule has 4 heteroatoms. The highest BCUT2D eigenvalue weighted by Gasteiger charge is 2.01. The Hall–Kier alpha value is -0.900. The average Bonchev–Trinajstić information content (AvgIpc) is 2.19. The third kappa shape index (κ3) is 4.42. The maximum Gasteiger partial charge on any atom is 0.127 e. The standard InChI is InChI=1S/C11H19N3S/c1-4-12-11-7-10(5-6-13-11)14-9(2)8-15-3/h5-7,9H,4,8H2,1-3H3,(H2,12,13,14). The van der Waals surface area contributed by atoms with E-state index in [4.69, 9.17) is 0 Å². The van der Waals surface area contributed by atoms with Crippen molar-refractivity contribution in [2.45, 2.75) is 19.9 Å². The van der Waals surface area contributed by atoms with Crippen LogP contribution in [0.5, 0.6) is 0 Å². The molecule has 3 nitrogen and oxygen atoms in total. The molecule has 0 aliphatic heterocycles. The summed E-state index contributed by atoms with van der Waals surface area (Å²) in [5.74, 6) is 2.04. The van der Waals surface area contributed by atoms with Gasteiger partial charge in [0.15, 0.2) is 0 Å². The first-order valence-electron chi connectivity index (χ1n) is 5.21. The van der Waals surface area contributed by atoms with Crippen LogP contribution in [0.1, 0.15) is 13.8 Å². The summed E-state index contributed by atoms with van der Waals surface area (Å²) in [6.07, 6.45) is 3.95. The Morgan fingerprint density at radius 1 is 1.53 bits per heavy atom. The second-order valence-corrected chi connectivity index (χ2v) is 4.37. The van der Waals surface area contributed by atoms with E-state index in [0.29, 0.717) is 6.04 Å². The molecular weight excluding hydrogens is 206 g/mol. The number of aromatic nitrogens is 1. The summed E-state index contributed by atoms with van der Waals surface area (Å²) in [5.41, 5.74) is 1.13. The summed E-state index contributed by atoms with van der Waals surface area (Å²) in [4.78, 5) is 4.23. The Morgan fingerprint density at radius 3 is 3.00 bits per heavy atom. The van der Waals surface area contributed by atoms with Crippen LogP contribution in [-0.2, 0) is 0 Å². The smallest absolute Gasteiger partial charge is 0.127 e. The van der Waals surface area contributed by atoms with Gasteiger partial charge in [0.1, 0.15) is 5.82 Å². The molecule has 0 spiro atoms. The van der Waals surface area contributed by atoms with Crippen LogP contribution in [0, 0.1) is 0 Å². The number of hydrogen-bond acceptors (Lipinski definition) is 4. The topological polar surface area (TPSA) is 37.0 Å². The highest BCUT2D eigenvalue weighted by molar-refractivity contribution is 7.98. The average molecular weight is 225 g/mol. The third-order valence-corrected chi connectivity index (χ3v) is 2.78. The van der Waals surface area contributed by atoms with E-state index in [9.17, 15) is 0 Å². The molecule has 1 heterocycles. The lowest BCUT2D eigenvalue weighted by atomic mass is 10.3. The molecule has 0 aromatic carbocycles. The molecule has 0 fully saturated rings. The minimum atomic E-state index is 0.483. The number of hydrogen-bond donors (Lipinski definition) is 2. The van der Waals surface area contributed by atoms with Crippen LogP contribution >= 0.6 is 11.8 Å². The van der Waals surface area contributed by atoms with E-state index in [-0.39, 0.29) is 0 Å². The highest BCUT2D eigenvalue weighted by atomic mass is 32.2. The predicted octanol–water partition coefficient (Wildman–Crippen LogP) is 2.68.